The van der Waals surface area contributed by atoms with Crippen molar-refractivity contribution in [2.75, 3.05) is 6.54 Å². The lowest BCUT2D eigenvalue weighted by molar-refractivity contribution is 0.471. The minimum Gasteiger partial charge on any atom is -0.507 e. The van der Waals surface area contributed by atoms with Gasteiger partial charge in [-0.25, -0.2) is 0 Å². The van der Waals surface area contributed by atoms with Crippen molar-refractivity contribution in [3.63, 3.8) is 0 Å². The molecule has 2 aromatic rings. The van der Waals surface area contributed by atoms with Crippen LogP contribution in [0.25, 0.3) is 0 Å². The molecule has 0 radical (unpaired) electrons. The molecule has 0 saturated carbocycles. The normalized spacial score (nSPS) is 12.4. The number of benzene rings is 2. The summed E-state index contributed by atoms with van der Waals surface area (Å²) in [5.74, 6) is 0.566. The smallest absolute Gasteiger partial charge is 0.129 e. The molecule has 0 spiro atoms. The molecule has 0 saturated heterocycles. The third-order valence-corrected chi connectivity index (χ3v) is 4.29. The first kappa shape index (κ1) is 15.1. The van der Waals surface area contributed by atoms with Crippen molar-refractivity contribution in [1.82, 2.24) is 0 Å². The van der Waals surface area contributed by atoms with Crippen molar-refractivity contribution in [3.05, 3.63) is 63.1 Å². The third-order valence-electron chi connectivity index (χ3n) is 3.65. The van der Waals surface area contributed by atoms with E-state index in [1.54, 1.807) is 6.07 Å². The van der Waals surface area contributed by atoms with E-state index in [0.29, 0.717) is 12.5 Å². The largest absolute Gasteiger partial charge is 0.507 e. The Morgan fingerprint density at radius 2 is 1.90 bits per heavy atom. The third kappa shape index (κ3) is 3.41. The van der Waals surface area contributed by atoms with Crippen LogP contribution in [0.3, 0.4) is 0 Å². The average molecular weight is 334 g/mol. The van der Waals surface area contributed by atoms with Gasteiger partial charge in [0, 0.05) is 5.92 Å². The van der Waals surface area contributed by atoms with E-state index < -0.39 is 0 Å². The van der Waals surface area contributed by atoms with Crippen molar-refractivity contribution in [3.8, 4) is 5.75 Å². The highest BCUT2D eigenvalue weighted by Crippen LogP contribution is 2.28. The van der Waals surface area contributed by atoms with Gasteiger partial charge in [0.15, 0.2) is 0 Å². The van der Waals surface area contributed by atoms with Crippen LogP contribution in [0.15, 0.2) is 40.9 Å². The second kappa shape index (κ2) is 6.42. The summed E-state index contributed by atoms with van der Waals surface area (Å²) < 4.78 is 0.728. The summed E-state index contributed by atoms with van der Waals surface area (Å²) in [6, 6.07) is 12.1. The molecule has 0 bridgehead atoms. The molecule has 0 aliphatic rings. The van der Waals surface area contributed by atoms with Crippen LogP contribution in [0.2, 0.25) is 0 Å². The van der Waals surface area contributed by atoms with E-state index in [1.165, 1.54) is 22.3 Å². The second-order valence-corrected chi connectivity index (χ2v) is 6.14. The molecule has 0 aliphatic carbocycles. The molecule has 2 nitrogen and oxygen atoms in total. The highest BCUT2D eigenvalue weighted by molar-refractivity contribution is 9.10. The number of hydrogen-bond acceptors (Lipinski definition) is 2. The van der Waals surface area contributed by atoms with Crippen LogP contribution >= 0.6 is 15.9 Å². The number of nitrogens with two attached hydrogens (primary N) is 1. The van der Waals surface area contributed by atoms with E-state index in [4.69, 9.17) is 5.73 Å². The highest BCUT2D eigenvalue weighted by atomic mass is 79.9. The van der Waals surface area contributed by atoms with Crippen LogP contribution in [0.5, 0.6) is 5.75 Å². The van der Waals surface area contributed by atoms with E-state index in [-0.39, 0.29) is 5.75 Å². The number of phenols is 1. The van der Waals surface area contributed by atoms with E-state index >= 15 is 0 Å². The monoisotopic (exact) mass is 333 g/mol. The molecule has 106 valence electrons. The number of rotatable bonds is 4. The molecular weight excluding hydrogens is 314 g/mol. The standard InChI is InChI=1S/C17H20BrNO/c1-11-3-4-12(2)15(7-11)14(10-19)8-13-5-6-17(20)16(18)9-13/h3-7,9,14,20H,8,10,19H2,1-2H3. The van der Waals surface area contributed by atoms with Crippen LogP contribution in [0.4, 0.5) is 0 Å². The van der Waals surface area contributed by atoms with Gasteiger partial charge in [-0.05, 0) is 71.6 Å². The summed E-state index contributed by atoms with van der Waals surface area (Å²) in [7, 11) is 0. The molecule has 0 amide bonds. The zero-order valence-electron chi connectivity index (χ0n) is 11.9. The Kier molecular flexibility index (Phi) is 4.84. The fourth-order valence-electron chi connectivity index (χ4n) is 2.48. The Morgan fingerprint density at radius 1 is 1.15 bits per heavy atom. The van der Waals surface area contributed by atoms with Gasteiger partial charge in [-0.2, -0.15) is 0 Å². The Morgan fingerprint density at radius 3 is 2.55 bits per heavy atom. The van der Waals surface area contributed by atoms with Gasteiger partial charge < -0.3 is 10.8 Å². The van der Waals surface area contributed by atoms with E-state index in [1.807, 2.05) is 12.1 Å². The van der Waals surface area contributed by atoms with Gasteiger partial charge in [0.2, 0.25) is 0 Å². The molecule has 1 atom stereocenters. The van der Waals surface area contributed by atoms with Gasteiger partial charge in [0.05, 0.1) is 4.47 Å². The Bertz CT molecular complexity index is 610. The summed E-state index contributed by atoms with van der Waals surface area (Å²) >= 11 is 3.36. The molecule has 0 fully saturated rings. The summed E-state index contributed by atoms with van der Waals surface area (Å²) in [6.45, 7) is 4.85. The molecule has 0 heterocycles. The first-order chi connectivity index (χ1) is 9.51. The number of halogens is 1. The fraction of sp³-hybridized carbons (Fsp3) is 0.294. The zero-order chi connectivity index (χ0) is 14.7. The number of aryl methyl sites for hydroxylation is 2. The summed E-state index contributed by atoms with van der Waals surface area (Å²) in [5.41, 5.74) is 11.0. The molecule has 2 rings (SSSR count). The Balaban J connectivity index is 2.28. The lowest BCUT2D eigenvalue weighted by Crippen LogP contribution is -2.16. The van der Waals surface area contributed by atoms with E-state index in [2.05, 4.69) is 48.0 Å². The predicted octanol–water partition coefficient (Wildman–Crippen LogP) is 4.06. The molecule has 1 unspecified atom stereocenters. The van der Waals surface area contributed by atoms with Crippen molar-refractivity contribution < 1.29 is 5.11 Å². The van der Waals surface area contributed by atoms with Gasteiger partial charge in [-0.15, -0.1) is 0 Å². The lowest BCUT2D eigenvalue weighted by atomic mass is 9.88. The Labute approximate surface area is 128 Å². The maximum atomic E-state index is 9.56. The zero-order valence-corrected chi connectivity index (χ0v) is 13.4. The lowest BCUT2D eigenvalue weighted by Gasteiger charge is -2.19. The predicted molar refractivity (Wildman–Crippen MR) is 87.2 cm³/mol. The van der Waals surface area contributed by atoms with Crippen LogP contribution in [-0.2, 0) is 6.42 Å². The molecule has 2 aromatic carbocycles. The van der Waals surface area contributed by atoms with Gasteiger partial charge in [0.1, 0.15) is 5.75 Å². The highest BCUT2D eigenvalue weighted by Gasteiger charge is 2.14. The number of phenolic OH excluding ortho intramolecular Hbond substituents is 1. The quantitative estimate of drug-likeness (QED) is 0.886. The van der Waals surface area contributed by atoms with Crippen molar-refractivity contribution in [2.24, 2.45) is 5.73 Å². The first-order valence-corrected chi connectivity index (χ1v) is 7.55. The van der Waals surface area contributed by atoms with Crippen LogP contribution in [-0.4, -0.2) is 11.7 Å². The summed E-state index contributed by atoms with van der Waals surface area (Å²) in [5, 5.41) is 9.56. The number of aromatic hydroxyl groups is 1. The summed E-state index contributed by atoms with van der Waals surface area (Å²) in [4.78, 5) is 0. The van der Waals surface area contributed by atoms with Gasteiger partial charge in [-0.1, -0.05) is 29.8 Å². The van der Waals surface area contributed by atoms with Crippen molar-refractivity contribution in [2.45, 2.75) is 26.2 Å². The van der Waals surface area contributed by atoms with Gasteiger partial charge >= 0.3 is 0 Å². The van der Waals surface area contributed by atoms with Crippen molar-refractivity contribution in [1.29, 1.82) is 0 Å². The average Bonchev–Trinajstić information content (AvgIpc) is 2.43. The molecular formula is C17H20BrNO. The second-order valence-electron chi connectivity index (χ2n) is 5.28. The topological polar surface area (TPSA) is 46.2 Å². The molecule has 0 aliphatic heterocycles. The van der Waals surface area contributed by atoms with Crippen LogP contribution < -0.4 is 5.73 Å². The van der Waals surface area contributed by atoms with E-state index in [0.717, 1.165) is 10.9 Å². The SMILES string of the molecule is Cc1ccc(C)c(C(CN)Cc2ccc(O)c(Br)c2)c1. The number of hydrogen-bond donors (Lipinski definition) is 2. The van der Waals surface area contributed by atoms with Gasteiger partial charge in [0.25, 0.3) is 0 Å². The molecule has 20 heavy (non-hydrogen) atoms. The molecule has 3 N–H and O–H groups in total. The van der Waals surface area contributed by atoms with Crippen LogP contribution in [0, 0.1) is 13.8 Å². The maximum absolute atomic E-state index is 9.56. The van der Waals surface area contributed by atoms with Crippen LogP contribution in [0.1, 0.15) is 28.2 Å². The molecule has 0 aromatic heterocycles. The van der Waals surface area contributed by atoms with E-state index in [9.17, 15) is 5.11 Å². The Hall–Kier alpha value is -1.32. The first-order valence-electron chi connectivity index (χ1n) is 6.76. The fourth-order valence-corrected chi connectivity index (χ4v) is 2.91. The minimum absolute atomic E-state index is 0.268. The minimum atomic E-state index is 0.268. The maximum Gasteiger partial charge on any atom is 0.129 e. The summed E-state index contributed by atoms with van der Waals surface area (Å²) in [6.07, 6.45) is 0.875. The molecule has 3 heteroatoms. The van der Waals surface area contributed by atoms with Crippen molar-refractivity contribution >= 4 is 15.9 Å². The van der Waals surface area contributed by atoms with Gasteiger partial charge in [-0.3, -0.25) is 0 Å².